The van der Waals surface area contributed by atoms with E-state index < -0.39 is 6.10 Å². The van der Waals surface area contributed by atoms with Crippen molar-refractivity contribution in [2.45, 2.75) is 6.10 Å². The SMILES string of the molecule is Cl.NCC(O)c1ccc(O)c2[nH]c(=O)ccc12. The Morgan fingerprint density at radius 1 is 1.29 bits per heavy atom. The van der Waals surface area contributed by atoms with Gasteiger partial charge in [0.25, 0.3) is 0 Å². The maximum Gasteiger partial charge on any atom is 0.248 e. The zero-order valence-electron chi connectivity index (χ0n) is 8.88. The highest BCUT2D eigenvalue weighted by Gasteiger charge is 2.12. The minimum atomic E-state index is -0.811. The van der Waals surface area contributed by atoms with Crippen LogP contribution in [0.3, 0.4) is 0 Å². The highest BCUT2D eigenvalue weighted by atomic mass is 35.5. The molecule has 0 aliphatic carbocycles. The van der Waals surface area contributed by atoms with Crippen molar-refractivity contribution in [3.63, 3.8) is 0 Å². The zero-order valence-corrected chi connectivity index (χ0v) is 9.70. The monoisotopic (exact) mass is 256 g/mol. The zero-order chi connectivity index (χ0) is 11.7. The first kappa shape index (κ1) is 13.5. The molecule has 0 saturated heterocycles. The Bertz CT molecular complexity index is 582. The fourth-order valence-electron chi connectivity index (χ4n) is 1.68. The van der Waals surface area contributed by atoms with Crippen LogP contribution in [0.15, 0.2) is 29.1 Å². The third-order valence-corrected chi connectivity index (χ3v) is 2.49. The van der Waals surface area contributed by atoms with Crippen LogP contribution in [0.2, 0.25) is 0 Å². The van der Waals surface area contributed by atoms with Crippen molar-refractivity contribution in [3.05, 3.63) is 40.2 Å². The third-order valence-electron chi connectivity index (χ3n) is 2.49. The van der Waals surface area contributed by atoms with Crippen LogP contribution in [0.25, 0.3) is 10.9 Å². The lowest BCUT2D eigenvalue weighted by Crippen LogP contribution is -2.12. The number of rotatable bonds is 2. The summed E-state index contributed by atoms with van der Waals surface area (Å²) >= 11 is 0. The predicted molar refractivity (Wildman–Crippen MR) is 67.5 cm³/mol. The van der Waals surface area contributed by atoms with Gasteiger partial charge in [0.15, 0.2) is 0 Å². The Kier molecular flexibility index (Phi) is 4.11. The van der Waals surface area contributed by atoms with Crippen molar-refractivity contribution in [2.75, 3.05) is 6.54 Å². The van der Waals surface area contributed by atoms with Gasteiger partial charge in [-0.1, -0.05) is 6.07 Å². The lowest BCUT2D eigenvalue weighted by atomic mass is 10.0. The number of aliphatic hydroxyl groups excluding tert-OH is 1. The second kappa shape index (κ2) is 5.18. The number of nitrogens with one attached hydrogen (secondary N) is 1. The van der Waals surface area contributed by atoms with Crippen molar-refractivity contribution in [3.8, 4) is 5.75 Å². The lowest BCUT2D eigenvalue weighted by molar-refractivity contribution is 0.188. The molecule has 1 heterocycles. The van der Waals surface area contributed by atoms with E-state index in [0.29, 0.717) is 16.5 Å². The van der Waals surface area contributed by atoms with Crippen molar-refractivity contribution in [1.29, 1.82) is 0 Å². The van der Waals surface area contributed by atoms with Gasteiger partial charge in [-0.05, 0) is 17.7 Å². The molecule has 0 spiro atoms. The molecule has 6 heteroatoms. The number of H-pyrrole nitrogens is 1. The molecule has 0 saturated carbocycles. The molecule has 0 aliphatic rings. The average molecular weight is 257 g/mol. The Morgan fingerprint density at radius 3 is 2.65 bits per heavy atom. The molecule has 2 aromatic rings. The van der Waals surface area contributed by atoms with Gasteiger partial charge >= 0.3 is 0 Å². The van der Waals surface area contributed by atoms with Crippen LogP contribution in [-0.4, -0.2) is 21.7 Å². The van der Waals surface area contributed by atoms with Crippen molar-refractivity contribution in [1.82, 2.24) is 4.98 Å². The summed E-state index contributed by atoms with van der Waals surface area (Å²) in [5, 5.41) is 19.9. The van der Waals surface area contributed by atoms with Crippen molar-refractivity contribution in [2.24, 2.45) is 5.73 Å². The lowest BCUT2D eigenvalue weighted by Gasteiger charge is -2.12. The number of aromatic nitrogens is 1. The Morgan fingerprint density at radius 2 is 2.00 bits per heavy atom. The number of aromatic amines is 1. The summed E-state index contributed by atoms with van der Waals surface area (Å²) in [6.45, 7) is 0.0823. The molecule has 1 atom stereocenters. The molecule has 1 unspecified atom stereocenters. The van der Waals surface area contributed by atoms with E-state index in [2.05, 4.69) is 4.98 Å². The van der Waals surface area contributed by atoms with Gasteiger partial charge in [0.05, 0.1) is 11.6 Å². The van der Waals surface area contributed by atoms with Crippen LogP contribution in [-0.2, 0) is 0 Å². The summed E-state index contributed by atoms with van der Waals surface area (Å²) in [5.41, 5.74) is 5.98. The van der Waals surface area contributed by atoms with E-state index in [1.54, 1.807) is 12.1 Å². The number of aliphatic hydroxyl groups is 1. The molecule has 0 fully saturated rings. The highest BCUT2D eigenvalue weighted by Crippen LogP contribution is 2.28. The number of fused-ring (bicyclic) bond motifs is 1. The summed E-state index contributed by atoms with van der Waals surface area (Å²) < 4.78 is 0. The number of phenolic OH excluding ortho intramolecular Hbond substituents is 1. The standard InChI is InChI=1S/C11H12N2O3.ClH/c12-5-9(15)6-1-3-8(14)11-7(6)2-4-10(16)13-11;/h1-4,9,14-15H,5,12H2,(H,13,16);1H. The molecule has 1 aromatic heterocycles. The second-order valence-electron chi connectivity index (χ2n) is 3.54. The molecule has 0 radical (unpaired) electrons. The maximum absolute atomic E-state index is 11.1. The Balaban J connectivity index is 0.00000144. The predicted octanol–water partition coefficient (Wildman–Crippen LogP) is 0.648. The fraction of sp³-hybridized carbons (Fsp3) is 0.182. The first-order valence-electron chi connectivity index (χ1n) is 4.86. The van der Waals surface area contributed by atoms with Crippen LogP contribution in [0.5, 0.6) is 5.75 Å². The van der Waals surface area contributed by atoms with Gasteiger partial charge in [0.2, 0.25) is 5.56 Å². The number of hydrogen-bond acceptors (Lipinski definition) is 4. The first-order chi connectivity index (χ1) is 7.63. The molecule has 92 valence electrons. The van der Waals surface area contributed by atoms with Gasteiger partial charge in [-0.15, -0.1) is 12.4 Å². The van der Waals surface area contributed by atoms with E-state index in [9.17, 15) is 15.0 Å². The van der Waals surface area contributed by atoms with Crippen LogP contribution in [0, 0.1) is 0 Å². The summed E-state index contributed by atoms with van der Waals surface area (Å²) in [5.74, 6) is -0.0272. The van der Waals surface area contributed by atoms with E-state index in [-0.39, 0.29) is 30.3 Å². The number of phenols is 1. The quantitative estimate of drug-likeness (QED) is 0.634. The summed E-state index contributed by atoms with van der Waals surface area (Å²) in [6.07, 6.45) is -0.811. The molecule has 1 aromatic carbocycles. The number of halogens is 1. The molecule has 0 aliphatic heterocycles. The van der Waals surface area contributed by atoms with Gasteiger partial charge in [-0.2, -0.15) is 0 Å². The van der Waals surface area contributed by atoms with Gasteiger partial charge in [-0.3, -0.25) is 4.79 Å². The average Bonchev–Trinajstić information content (AvgIpc) is 2.29. The van der Waals surface area contributed by atoms with Gasteiger partial charge in [0.1, 0.15) is 5.75 Å². The maximum atomic E-state index is 11.1. The molecule has 2 rings (SSSR count). The Hall–Kier alpha value is -1.56. The van der Waals surface area contributed by atoms with Crippen LogP contribution >= 0.6 is 12.4 Å². The van der Waals surface area contributed by atoms with E-state index >= 15 is 0 Å². The van der Waals surface area contributed by atoms with Crippen LogP contribution < -0.4 is 11.3 Å². The van der Waals surface area contributed by atoms with Gasteiger partial charge in [0, 0.05) is 18.0 Å². The van der Waals surface area contributed by atoms with Crippen LogP contribution in [0.4, 0.5) is 0 Å². The summed E-state index contributed by atoms with van der Waals surface area (Å²) in [7, 11) is 0. The largest absolute Gasteiger partial charge is 0.506 e. The Labute approximate surface area is 103 Å². The second-order valence-corrected chi connectivity index (χ2v) is 3.54. The van der Waals surface area contributed by atoms with Crippen LogP contribution in [0.1, 0.15) is 11.7 Å². The number of hydrogen-bond donors (Lipinski definition) is 4. The molecule has 0 bridgehead atoms. The first-order valence-corrected chi connectivity index (χ1v) is 4.86. The van der Waals surface area contributed by atoms with E-state index in [1.165, 1.54) is 12.1 Å². The molecule has 0 amide bonds. The topological polar surface area (TPSA) is 99.3 Å². The minimum Gasteiger partial charge on any atom is -0.506 e. The third kappa shape index (κ3) is 2.41. The number of nitrogens with two attached hydrogens (primary N) is 1. The molecular formula is C11H13ClN2O3. The van der Waals surface area contributed by atoms with Crippen molar-refractivity contribution >= 4 is 23.3 Å². The summed E-state index contributed by atoms with van der Waals surface area (Å²) in [6, 6.07) is 5.91. The number of aromatic hydroxyl groups is 1. The minimum absolute atomic E-state index is 0. The van der Waals surface area contributed by atoms with Gasteiger partial charge < -0.3 is 20.9 Å². The fourth-order valence-corrected chi connectivity index (χ4v) is 1.68. The van der Waals surface area contributed by atoms with Gasteiger partial charge in [-0.25, -0.2) is 0 Å². The number of benzene rings is 1. The highest BCUT2D eigenvalue weighted by molar-refractivity contribution is 5.87. The molecular weight excluding hydrogens is 244 g/mol. The van der Waals surface area contributed by atoms with Crippen molar-refractivity contribution < 1.29 is 10.2 Å². The number of pyridine rings is 1. The smallest absolute Gasteiger partial charge is 0.248 e. The van der Waals surface area contributed by atoms with E-state index in [1.807, 2.05) is 0 Å². The molecule has 5 N–H and O–H groups in total. The molecule has 17 heavy (non-hydrogen) atoms. The normalized spacial score (nSPS) is 12.1. The van der Waals surface area contributed by atoms with E-state index in [4.69, 9.17) is 5.73 Å². The summed E-state index contributed by atoms with van der Waals surface area (Å²) in [4.78, 5) is 13.7. The molecule has 5 nitrogen and oxygen atoms in total. The van der Waals surface area contributed by atoms with E-state index in [0.717, 1.165) is 0 Å².